The molecule has 1 heterocycles. The van der Waals surface area contributed by atoms with Gasteiger partial charge in [-0.25, -0.2) is 13.8 Å². The Kier molecular flexibility index (Phi) is 7.28. The van der Waals surface area contributed by atoms with E-state index in [1.165, 1.54) is 6.07 Å². The number of fused-ring (bicyclic) bond motifs is 1. The van der Waals surface area contributed by atoms with Crippen LogP contribution in [0.3, 0.4) is 0 Å². The molecule has 3 rings (SSSR count). The van der Waals surface area contributed by atoms with Crippen molar-refractivity contribution in [2.45, 2.75) is 26.7 Å². The number of rotatable bonds is 9. The zero-order chi connectivity index (χ0) is 20.8. The minimum absolute atomic E-state index is 0.0686. The second-order valence-corrected chi connectivity index (χ2v) is 7.80. The van der Waals surface area contributed by atoms with Gasteiger partial charge in [0.15, 0.2) is 10.9 Å². The van der Waals surface area contributed by atoms with Crippen molar-refractivity contribution in [3.8, 4) is 0 Å². The summed E-state index contributed by atoms with van der Waals surface area (Å²) < 4.78 is 28.1. The van der Waals surface area contributed by atoms with Crippen molar-refractivity contribution in [1.82, 2.24) is 9.88 Å². The third-order valence-corrected chi connectivity index (χ3v) is 5.96. The minimum Gasteiger partial charge on any atom is -0.302 e. The average Bonchev–Trinajstić information content (AvgIpc) is 3.14. The maximum absolute atomic E-state index is 14.1. The lowest BCUT2D eigenvalue weighted by atomic mass is 10.1. The number of aromatic nitrogens is 1. The summed E-state index contributed by atoms with van der Waals surface area (Å²) >= 11 is 1.15. The third kappa shape index (κ3) is 5.36. The molecule has 0 radical (unpaired) electrons. The standard InChI is InChI=1S/C22H25F2N3OS/c1-3-26(4-2)12-13-27(20(28)11-10-16-8-6-5-7-9-16)22-25-21-18(24)14-17(23)15-19(21)29-22/h5-9,14-15H,3-4,10-13H2,1-2H3. The number of benzene rings is 2. The molecule has 0 aliphatic carbocycles. The molecule has 0 saturated heterocycles. The van der Waals surface area contributed by atoms with E-state index in [9.17, 15) is 13.6 Å². The number of halogens is 2. The van der Waals surface area contributed by atoms with Gasteiger partial charge in [0.25, 0.3) is 0 Å². The van der Waals surface area contributed by atoms with Crippen molar-refractivity contribution in [3.05, 3.63) is 59.7 Å². The van der Waals surface area contributed by atoms with E-state index in [0.717, 1.165) is 36.1 Å². The first-order chi connectivity index (χ1) is 14.0. The molecular weight excluding hydrogens is 392 g/mol. The maximum Gasteiger partial charge on any atom is 0.229 e. The van der Waals surface area contributed by atoms with Crippen LogP contribution in [0.5, 0.6) is 0 Å². The molecule has 0 saturated carbocycles. The van der Waals surface area contributed by atoms with E-state index in [2.05, 4.69) is 23.7 Å². The molecule has 0 N–H and O–H groups in total. The molecule has 0 aliphatic heterocycles. The molecule has 0 aliphatic rings. The molecule has 2 aromatic carbocycles. The SMILES string of the molecule is CCN(CC)CCN(C(=O)CCc1ccccc1)c1nc2c(F)cc(F)cc2s1. The highest BCUT2D eigenvalue weighted by molar-refractivity contribution is 7.22. The van der Waals surface area contributed by atoms with Crippen molar-refractivity contribution in [1.29, 1.82) is 0 Å². The van der Waals surface area contributed by atoms with E-state index in [0.29, 0.717) is 35.8 Å². The summed E-state index contributed by atoms with van der Waals surface area (Å²) in [6.45, 7) is 7.04. The van der Waals surface area contributed by atoms with Gasteiger partial charge in [0.1, 0.15) is 11.3 Å². The quantitative estimate of drug-likeness (QED) is 0.498. The van der Waals surface area contributed by atoms with Crippen LogP contribution in [0, 0.1) is 11.6 Å². The highest BCUT2D eigenvalue weighted by Gasteiger charge is 2.21. The molecule has 0 unspecified atom stereocenters. The molecule has 1 amide bonds. The van der Waals surface area contributed by atoms with Crippen LogP contribution < -0.4 is 4.90 Å². The van der Waals surface area contributed by atoms with Crippen LogP contribution in [0.1, 0.15) is 25.8 Å². The molecule has 29 heavy (non-hydrogen) atoms. The lowest BCUT2D eigenvalue weighted by Crippen LogP contribution is -2.39. The predicted octanol–water partition coefficient (Wildman–Crippen LogP) is 4.88. The predicted molar refractivity (Wildman–Crippen MR) is 114 cm³/mol. The fourth-order valence-corrected chi connectivity index (χ4v) is 4.25. The lowest BCUT2D eigenvalue weighted by Gasteiger charge is -2.24. The van der Waals surface area contributed by atoms with Crippen molar-refractivity contribution in [2.75, 3.05) is 31.1 Å². The number of hydrogen-bond acceptors (Lipinski definition) is 4. The Hall–Kier alpha value is -2.38. The molecule has 0 spiro atoms. The number of carbonyl (C=O) groups is 1. The van der Waals surface area contributed by atoms with Crippen LogP contribution in [-0.4, -0.2) is 42.0 Å². The van der Waals surface area contributed by atoms with Crippen molar-refractivity contribution in [3.63, 3.8) is 0 Å². The zero-order valence-corrected chi connectivity index (χ0v) is 17.5. The summed E-state index contributed by atoms with van der Waals surface area (Å²) in [4.78, 5) is 21.2. The number of nitrogens with zero attached hydrogens (tertiary/aromatic N) is 3. The summed E-state index contributed by atoms with van der Waals surface area (Å²) in [7, 11) is 0. The fourth-order valence-electron chi connectivity index (χ4n) is 3.20. The van der Waals surface area contributed by atoms with Crippen molar-refractivity contribution < 1.29 is 13.6 Å². The minimum atomic E-state index is -0.706. The number of carbonyl (C=O) groups excluding carboxylic acids is 1. The van der Waals surface area contributed by atoms with E-state index in [-0.39, 0.29) is 11.4 Å². The van der Waals surface area contributed by atoms with Gasteiger partial charge >= 0.3 is 0 Å². The van der Waals surface area contributed by atoms with E-state index < -0.39 is 11.6 Å². The Balaban J connectivity index is 1.83. The molecule has 0 bridgehead atoms. The van der Waals surface area contributed by atoms with Crippen molar-refractivity contribution >= 4 is 32.6 Å². The normalized spacial score (nSPS) is 11.3. The number of anilines is 1. The maximum atomic E-state index is 14.1. The first kappa shape index (κ1) is 21.3. The Morgan fingerprint density at radius 2 is 1.79 bits per heavy atom. The molecular formula is C22H25F2N3OS. The Labute approximate surface area is 173 Å². The third-order valence-electron chi connectivity index (χ3n) is 4.94. The summed E-state index contributed by atoms with van der Waals surface area (Å²) in [5.74, 6) is -1.42. The highest BCUT2D eigenvalue weighted by Crippen LogP contribution is 2.31. The van der Waals surface area contributed by atoms with Crippen LogP contribution in [0.25, 0.3) is 10.2 Å². The van der Waals surface area contributed by atoms with Crippen LogP contribution in [0.2, 0.25) is 0 Å². The fraction of sp³-hybridized carbons (Fsp3) is 0.364. The van der Waals surface area contributed by atoms with Crippen LogP contribution in [0.15, 0.2) is 42.5 Å². The molecule has 3 aromatic rings. The summed E-state index contributed by atoms with van der Waals surface area (Å²) in [5.41, 5.74) is 1.19. The number of amides is 1. The van der Waals surface area contributed by atoms with Gasteiger partial charge in [-0.2, -0.15) is 0 Å². The van der Waals surface area contributed by atoms with Gasteiger partial charge in [0.05, 0.1) is 4.70 Å². The van der Waals surface area contributed by atoms with Gasteiger partial charge in [0.2, 0.25) is 5.91 Å². The van der Waals surface area contributed by atoms with Crippen LogP contribution >= 0.6 is 11.3 Å². The summed E-state index contributed by atoms with van der Waals surface area (Å²) in [6, 6.07) is 11.9. The first-order valence-electron chi connectivity index (χ1n) is 9.84. The Morgan fingerprint density at radius 3 is 2.48 bits per heavy atom. The number of hydrogen-bond donors (Lipinski definition) is 0. The van der Waals surface area contributed by atoms with E-state index in [4.69, 9.17) is 0 Å². The lowest BCUT2D eigenvalue weighted by molar-refractivity contribution is -0.118. The molecule has 4 nitrogen and oxygen atoms in total. The Bertz CT molecular complexity index is 957. The van der Waals surface area contributed by atoms with Gasteiger partial charge in [-0.15, -0.1) is 0 Å². The van der Waals surface area contributed by atoms with Gasteiger partial charge < -0.3 is 4.90 Å². The average molecular weight is 418 g/mol. The Morgan fingerprint density at radius 1 is 1.07 bits per heavy atom. The van der Waals surface area contributed by atoms with E-state index >= 15 is 0 Å². The molecule has 0 fully saturated rings. The largest absolute Gasteiger partial charge is 0.302 e. The monoisotopic (exact) mass is 417 g/mol. The topological polar surface area (TPSA) is 36.4 Å². The van der Waals surface area contributed by atoms with Crippen LogP contribution in [0.4, 0.5) is 13.9 Å². The second-order valence-electron chi connectivity index (χ2n) is 6.79. The summed E-state index contributed by atoms with van der Waals surface area (Å²) in [6.07, 6.45) is 0.949. The highest BCUT2D eigenvalue weighted by atomic mass is 32.1. The van der Waals surface area contributed by atoms with Crippen molar-refractivity contribution in [2.24, 2.45) is 0 Å². The summed E-state index contributed by atoms with van der Waals surface area (Å²) in [5, 5.41) is 0.412. The number of likely N-dealkylation sites (N-methyl/N-ethyl adjacent to an activating group) is 1. The number of thiazole rings is 1. The van der Waals surface area contributed by atoms with E-state index in [1.54, 1.807) is 4.90 Å². The van der Waals surface area contributed by atoms with Gasteiger partial charge in [-0.05, 0) is 31.1 Å². The molecule has 154 valence electrons. The zero-order valence-electron chi connectivity index (χ0n) is 16.7. The second kappa shape index (κ2) is 9.89. The molecule has 1 aromatic heterocycles. The molecule has 7 heteroatoms. The molecule has 0 atom stereocenters. The van der Waals surface area contributed by atoms with E-state index in [1.807, 2.05) is 30.3 Å². The van der Waals surface area contributed by atoms with Crippen LogP contribution in [-0.2, 0) is 11.2 Å². The van der Waals surface area contributed by atoms with Gasteiger partial charge in [-0.3, -0.25) is 9.69 Å². The van der Waals surface area contributed by atoms with Gasteiger partial charge in [-0.1, -0.05) is 55.5 Å². The number of aryl methyl sites for hydroxylation is 1. The van der Waals surface area contributed by atoms with Gasteiger partial charge in [0, 0.05) is 25.6 Å². The first-order valence-corrected chi connectivity index (χ1v) is 10.7. The smallest absolute Gasteiger partial charge is 0.229 e.